The molecule has 7 heteroatoms. The molecule has 1 aromatic carbocycles. The molecule has 27 heavy (non-hydrogen) atoms. The van der Waals surface area contributed by atoms with Crippen molar-refractivity contribution in [1.29, 1.82) is 0 Å². The second-order valence-electron chi connectivity index (χ2n) is 6.62. The highest BCUT2D eigenvalue weighted by molar-refractivity contribution is 6.07. The molecule has 0 saturated carbocycles. The van der Waals surface area contributed by atoms with Gasteiger partial charge in [0.05, 0.1) is 16.6 Å². The van der Waals surface area contributed by atoms with Crippen LogP contribution in [0, 0.1) is 13.8 Å². The minimum absolute atomic E-state index is 0.239. The van der Waals surface area contributed by atoms with Crippen LogP contribution >= 0.6 is 0 Å². The zero-order valence-electron chi connectivity index (χ0n) is 15.9. The number of hydrogen-bond acceptors (Lipinski definition) is 4. The van der Waals surface area contributed by atoms with Crippen molar-refractivity contribution in [1.82, 2.24) is 25.4 Å². The first kappa shape index (κ1) is 18.6. The lowest BCUT2D eigenvalue weighted by Gasteiger charge is -2.15. The van der Waals surface area contributed by atoms with E-state index in [0.29, 0.717) is 23.1 Å². The minimum Gasteiger partial charge on any atom is -0.350 e. The third-order valence-electron chi connectivity index (χ3n) is 4.39. The molecule has 0 saturated heterocycles. The Morgan fingerprint density at radius 1 is 1.19 bits per heavy atom. The lowest BCUT2D eigenvalue weighted by atomic mass is 10.1. The highest BCUT2D eigenvalue weighted by Gasteiger charge is 2.21. The molecule has 2 amide bonds. The van der Waals surface area contributed by atoms with Crippen molar-refractivity contribution in [3.8, 4) is 0 Å². The second-order valence-corrected chi connectivity index (χ2v) is 6.62. The van der Waals surface area contributed by atoms with E-state index in [2.05, 4.69) is 20.7 Å². The van der Waals surface area contributed by atoms with Crippen LogP contribution in [0.15, 0.2) is 36.4 Å². The highest BCUT2D eigenvalue weighted by atomic mass is 16.2. The van der Waals surface area contributed by atoms with Gasteiger partial charge >= 0.3 is 0 Å². The van der Waals surface area contributed by atoms with Crippen molar-refractivity contribution in [2.24, 2.45) is 7.05 Å². The molecule has 2 heterocycles. The number of rotatable bonds is 5. The van der Waals surface area contributed by atoms with Crippen LogP contribution in [0.5, 0.6) is 0 Å². The monoisotopic (exact) mass is 365 g/mol. The van der Waals surface area contributed by atoms with Gasteiger partial charge in [-0.15, -0.1) is 0 Å². The van der Waals surface area contributed by atoms with E-state index in [1.807, 2.05) is 44.2 Å². The highest BCUT2D eigenvalue weighted by Crippen LogP contribution is 2.21. The van der Waals surface area contributed by atoms with Crippen LogP contribution in [0.2, 0.25) is 0 Å². The average molecular weight is 365 g/mol. The van der Waals surface area contributed by atoms with Gasteiger partial charge in [0.25, 0.3) is 5.91 Å². The number of nitrogens with one attached hydrogen (secondary N) is 2. The van der Waals surface area contributed by atoms with Crippen LogP contribution < -0.4 is 10.6 Å². The summed E-state index contributed by atoms with van der Waals surface area (Å²) in [5, 5.41) is 10.7. The van der Waals surface area contributed by atoms with Crippen LogP contribution in [0.4, 0.5) is 0 Å². The Hall–Kier alpha value is -3.22. The van der Waals surface area contributed by atoms with Gasteiger partial charge in [-0.1, -0.05) is 30.3 Å². The number of nitrogens with zero attached hydrogens (tertiary/aromatic N) is 3. The van der Waals surface area contributed by atoms with Crippen LogP contribution in [0.1, 0.15) is 34.2 Å². The van der Waals surface area contributed by atoms with Crippen LogP contribution in [0.3, 0.4) is 0 Å². The third kappa shape index (κ3) is 3.97. The predicted octanol–water partition coefficient (Wildman–Crippen LogP) is 2.02. The molecule has 0 bridgehead atoms. The molecule has 1 atom stereocenters. The lowest BCUT2D eigenvalue weighted by Crippen LogP contribution is -2.44. The molecular weight excluding hydrogens is 342 g/mol. The van der Waals surface area contributed by atoms with Crippen molar-refractivity contribution < 1.29 is 9.59 Å². The van der Waals surface area contributed by atoms with Gasteiger partial charge in [0.15, 0.2) is 5.65 Å². The zero-order chi connectivity index (χ0) is 19.6. The van der Waals surface area contributed by atoms with E-state index in [4.69, 9.17) is 0 Å². The predicted molar refractivity (Wildman–Crippen MR) is 103 cm³/mol. The van der Waals surface area contributed by atoms with Gasteiger partial charge in [-0.3, -0.25) is 14.3 Å². The molecule has 0 fully saturated rings. The maximum Gasteiger partial charge on any atom is 0.252 e. The largest absolute Gasteiger partial charge is 0.350 e. The summed E-state index contributed by atoms with van der Waals surface area (Å²) in [7, 11) is 1.79. The van der Waals surface area contributed by atoms with E-state index in [1.165, 1.54) is 0 Å². The number of aryl methyl sites for hydroxylation is 3. The first-order valence-corrected chi connectivity index (χ1v) is 8.80. The molecule has 0 spiro atoms. The van der Waals surface area contributed by atoms with E-state index in [0.717, 1.165) is 17.0 Å². The quantitative estimate of drug-likeness (QED) is 0.724. The Morgan fingerprint density at radius 2 is 1.89 bits per heavy atom. The fourth-order valence-electron chi connectivity index (χ4n) is 3.03. The molecule has 3 aromatic rings. The molecule has 0 radical (unpaired) electrons. The molecular formula is C20H23N5O2. The van der Waals surface area contributed by atoms with E-state index >= 15 is 0 Å². The molecule has 3 rings (SSSR count). The normalized spacial score (nSPS) is 12.0. The van der Waals surface area contributed by atoms with Crippen molar-refractivity contribution >= 4 is 22.8 Å². The Bertz CT molecular complexity index is 995. The number of amides is 2. The number of pyridine rings is 1. The molecule has 1 unspecified atom stereocenters. The first-order valence-electron chi connectivity index (χ1n) is 8.80. The Balaban J connectivity index is 1.73. The minimum atomic E-state index is -0.665. The SMILES string of the molecule is Cc1cc(C(=O)NC(C)C(=O)NCc2ccccc2)c2c(C)nn(C)c2n1. The Morgan fingerprint density at radius 3 is 2.59 bits per heavy atom. The van der Waals surface area contributed by atoms with Gasteiger partial charge in [0.1, 0.15) is 6.04 Å². The van der Waals surface area contributed by atoms with Crippen molar-refractivity contribution in [3.63, 3.8) is 0 Å². The summed E-state index contributed by atoms with van der Waals surface area (Å²) >= 11 is 0. The van der Waals surface area contributed by atoms with Crippen molar-refractivity contribution in [2.75, 3.05) is 0 Å². The molecule has 0 aliphatic rings. The average Bonchev–Trinajstić information content (AvgIpc) is 2.93. The first-order chi connectivity index (χ1) is 12.9. The molecule has 2 aromatic heterocycles. The van der Waals surface area contributed by atoms with Gasteiger partial charge in [-0.05, 0) is 32.4 Å². The van der Waals surface area contributed by atoms with Gasteiger partial charge < -0.3 is 10.6 Å². The fraction of sp³-hybridized carbons (Fsp3) is 0.300. The van der Waals surface area contributed by atoms with Gasteiger partial charge in [0, 0.05) is 19.3 Å². The molecule has 140 valence electrons. The lowest BCUT2D eigenvalue weighted by molar-refractivity contribution is -0.122. The summed E-state index contributed by atoms with van der Waals surface area (Å²) in [4.78, 5) is 29.6. The van der Waals surface area contributed by atoms with Gasteiger partial charge in [0.2, 0.25) is 5.91 Å². The van der Waals surface area contributed by atoms with Crippen LogP contribution in [0.25, 0.3) is 11.0 Å². The summed E-state index contributed by atoms with van der Waals surface area (Å²) in [6.07, 6.45) is 0. The van der Waals surface area contributed by atoms with Crippen LogP contribution in [-0.4, -0.2) is 32.6 Å². The van der Waals surface area contributed by atoms with E-state index in [1.54, 1.807) is 24.7 Å². The van der Waals surface area contributed by atoms with E-state index < -0.39 is 6.04 Å². The number of carbonyl (C=O) groups is 2. The molecule has 0 aliphatic heterocycles. The third-order valence-corrected chi connectivity index (χ3v) is 4.39. The summed E-state index contributed by atoms with van der Waals surface area (Å²) < 4.78 is 1.66. The van der Waals surface area contributed by atoms with Crippen LogP contribution in [-0.2, 0) is 18.4 Å². The topological polar surface area (TPSA) is 88.9 Å². The number of fused-ring (bicyclic) bond motifs is 1. The summed E-state index contributed by atoms with van der Waals surface area (Å²) in [5.41, 5.74) is 3.58. The van der Waals surface area contributed by atoms with E-state index in [-0.39, 0.29) is 11.8 Å². The fourth-order valence-corrected chi connectivity index (χ4v) is 3.03. The van der Waals surface area contributed by atoms with Gasteiger partial charge in [-0.2, -0.15) is 5.10 Å². The van der Waals surface area contributed by atoms with E-state index in [9.17, 15) is 9.59 Å². The summed E-state index contributed by atoms with van der Waals surface area (Å²) in [6, 6.07) is 10.7. The maximum absolute atomic E-state index is 12.8. The number of carbonyl (C=O) groups excluding carboxylic acids is 2. The maximum atomic E-state index is 12.8. The summed E-state index contributed by atoms with van der Waals surface area (Å²) in [6.45, 7) is 5.75. The summed E-state index contributed by atoms with van der Waals surface area (Å²) in [5.74, 6) is -0.555. The molecule has 0 aliphatic carbocycles. The zero-order valence-corrected chi connectivity index (χ0v) is 15.9. The molecule has 2 N–H and O–H groups in total. The smallest absolute Gasteiger partial charge is 0.252 e. The van der Waals surface area contributed by atoms with Crippen molar-refractivity contribution in [2.45, 2.75) is 33.4 Å². The number of hydrogen-bond donors (Lipinski definition) is 2. The standard InChI is InChI=1S/C20H23N5O2/c1-12-10-16(17-13(2)24-25(4)18(17)22-12)20(27)23-14(3)19(26)21-11-15-8-6-5-7-9-15/h5-10,14H,11H2,1-4H3,(H,21,26)(H,23,27). The number of aromatic nitrogens is 3. The Labute approximate surface area is 157 Å². The van der Waals surface area contributed by atoms with Gasteiger partial charge in [-0.25, -0.2) is 4.98 Å². The Kier molecular flexibility index (Phi) is 5.21. The number of benzene rings is 1. The second kappa shape index (κ2) is 7.57. The van der Waals surface area contributed by atoms with Crippen molar-refractivity contribution in [3.05, 3.63) is 58.9 Å². The molecule has 7 nitrogen and oxygen atoms in total.